The van der Waals surface area contributed by atoms with Crippen molar-refractivity contribution in [3.63, 3.8) is 0 Å². The highest BCUT2D eigenvalue weighted by atomic mass is 32.1. The zero-order chi connectivity index (χ0) is 14.1. The summed E-state index contributed by atoms with van der Waals surface area (Å²) in [4.78, 5) is 11.5. The Labute approximate surface area is 119 Å². The fourth-order valence-electron chi connectivity index (χ4n) is 2.24. The van der Waals surface area contributed by atoms with Crippen LogP contribution in [-0.2, 0) is 6.54 Å². The Balaban J connectivity index is 2.01. The van der Waals surface area contributed by atoms with E-state index in [0.29, 0.717) is 17.0 Å². The molecule has 3 aromatic rings. The molecule has 20 heavy (non-hydrogen) atoms. The Hall–Kier alpha value is -2.58. The number of carbonyl (C=O) groups is 1. The topological polar surface area (TPSA) is 66.0 Å². The number of aromatic carboxylic acids is 1. The predicted octanol–water partition coefficient (Wildman–Crippen LogP) is 3.32. The third-order valence-electron chi connectivity index (χ3n) is 3.18. The van der Waals surface area contributed by atoms with E-state index in [2.05, 4.69) is 6.07 Å². The Kier molecular flexibility index (Phi) is 3.01. The predicted molar refractivity (Wildman–Crippen MR) is 77.0 cm³/mol. The molecular weight excluding hydrogens is 272 g/mol. The zero-order valence-corrected chi connectivity index (χ0v) is 11.2. The maximum Gasteiger partial charge on any atom is 0.346 e. The standard InChI is InChI=1S/C15H10N2O2S/c16-8-10-1-2-13-11(7-10)3-5-17(13)9-12-4-6-20-14(12)15(18)19/h1-7H,9H2,(H,18,19). The van der Waals surface area contributed by atoms with Crippen LogP contribution in [0.5, 0.6) is 0 Å². The molecule has 0 saturated heterocycles. The highest BCUT2D eigenvalue weighted by Crippen LogP contribution is 2.22. The van der Waals surface area contributed by atoms with Gasteiger partial charge in [-0.3, -0.25) is 0 Å². The summed E-state index contributed by atoms with van der Waals surface area (Å²) in [5, 5.41) is 20.8. The summed E-state index contributed by atoms with van der Waals surface area (Å²) in [5.74, 6) is -0.891. The fraction of sp³-hybridized carbons (Fsp3) is 0.0667. The number of hydrogen-bond donors (Lipinski definition) is 1. The van der Waals surface area contributed by atoms with E-state index < -0.39 is 5.97 Å². The minimum atomic E-state index is -0.891. The molecule has 0 saturated carbocycles. The van der Waals surface area contributed by atoms with Crippen molar-refractivity contribution in [3.8, 4) is 6.07 Å². The summed E-state index contributed by atoms with van der Waals surface area (Å²) in [6.45, 7) is 0.514. The van der Waals surface area contributed by atoms with E-state index in [-0.39, 0.29) is 0 Å². The summed E-state index contributed by atoms with van der Waals surface area (Å²) in [5.41, 5.74) is 2.41. The van der Waals surface area contributed by atoms with Crippen LogP contribution in [0, 0.1) is 11.3 Å². The van der Waals surface area contributed by atoms with Crippen LogP contribution in [0.25, 0.3) is 10.9 Å². The maximum atomic E-state index is 11.1. The molecule has 0 spiro atoms. The Morgan fingerprint density at radius 1 is 1.35 bits per heavy atom. The molecule has 0 atom stereocenters. The Bertz CT molecular complexity index is 839. The second-order valence-corrected chi connectivity index (χ2v) is 5.33. The van der Waals surface area contributed by atoms with Crippen LogP contribution in [0.15, 0.2) is 41.9 Å². The van der Waals surface area contributed by atoms with Crippen LogP contribution >= 0.6 is 11.3 Å². The summed E-state index contributed by atoms with van der Waals surface area (Å²) >= 11 is 1.24. The van der Waals surface area contributed by atoms with Crippen LogP contribution < -0.4 is 0 Å². The minimum Gasteiger partial charge on any atom is -0.477 e. The number of aromatic nitrogens is 1. The summed E-state index contributed by atoms with van der Waals surface area (Å²) in [7, 11) is 0. The first-order valence-electron chi connectivity index (χ1n) is 5.97. The molecule has 2 heterocycles. The molecule has 0 amide bonds. The van der Waals surface area contributed by atoms with Gasteiger partial charge in [0, 0.05) is 23.6 Å². The molecule has 0 aliphatic carbocycles. The highest BCUT2D eigenvalue weighted by Gasteiger charge is 2.12. The number of carboxylic acid groups (broad SMARTS) is 1. The Morgan fingerprint density at radius 2 is 2.20 bits per heavy atom. The lowest BCUT2D eigenvalue weighted by Gasteiger charge is -2.05. The molecule has 0 aliphatic rings. The van der Waals surface area contributed by atoms with Gasteiger partial charge in [0.25, 0.3) is 0 Å². The van der Waals surface area contributed by atoms with Gasteiger partial charge < -0.3 is 9.67 Å². The number of fused-ring (bicyclic) bond motifs is 1. The van der Waals surface area contributed by atoms with Crippen molar-refractivity contribution in [2.45, 2.75) is 6.54 Å². The lowest BCUT2D eigenvalue weighted by Crippen LogP contribution is -2.03. The average Bonchev–Trinajstić information content (AvgIpc) is 3.06. The molecule has 0 fully saturated rings. The number of benzene rings is 1. The largest absolute Gasteiger partial charge is 0.477 e. The smallest absolute Gasteiger partial charge is 0.346 e. The van der Waals surface area contributed by atoms with Crippen molar-refractivity contribution in [2.24, 2.45) is 0 Å². The molecule has 0 unspecified atom stereocenters. The summed E-state index contributed by atoms with van der Waals surface area (Å²) < 4.78 is 1.99. The number of thiophene rings is 1. The first-order chi connectivity index (χ1) is 9.69. The van der Waals surface area contributed by atoms with E-state index in [0.717, 1.165) is 16.5 Å². The monoisotopic (exact) mass is 282 g/mol. The van der Waals surface area contributed by atoms with E-state index in [1.54, 1.807) is 11.4 Å². The maximum absolute atomic E-state index is 11.1. The van der Waals surface area contributed by atoms with Crippen LogP contribution in [0.2, 0.25) is 0 Å². The van der Waals surface area contributed by atoms with Crippen molar-refractivity contribution in [1.82, 2.24) is 4.57 Å². The fourth-order valence-corrected chi connectivity index (χ4v) is 2.99. The molecule has 0 bridgehead atoms. The first-order valence-corrected chi connectivity index (χ1v) is 6.85. The second kappa shape index (κ2) is 4.83. The van der Waals surface area contributed by atoms with Crippen molar-refractivity contribution in [3.05, 3.63) is 57.9 Å². The van der Waals surface area contributed by atoms with Gasteiger partial charge in [-0.2, -0.15) is 5.26 Å². The van der Waals surface area contributed by atoms with E-state index >= 15 is 0 Å². The normalized spacial score (nSPS) is 10.6. The van der Waals surface area contributed by atoms with Crippen molar-refractivity contribution < 1.29 is 9.90 Å². The van der Waals surface area contributed by atoms with Gasteiger partial charge in [-0.05, 0) is 41.3 Å². The number of nitrogens with zero attached hydrogens (tertiary/aromatic N) is 2. The van der Waals surface area contributed by atoms with Crippen molar-refractivity contribution >= 4 is 28.2 Å². The lowest BCUT2D eigenvalue weighted by molar-refractivity contribution is 0.0701. The highest BCUT2D eigenvalue weighted by molar-refractivity contribution is 7.12. The van der Waals surface area contributed by atoms with Gasteiger partial charge in [0.2, 0.25) is 0 Å². The van der Waals surface area contributed by atoms with Gasteiger partial charge in [0.15, 0.2) is 0 Å². The summed E-state index contributed by atoms with van der Waals surface area (Å²) in [6.07, 6.45) is 1.91. The molecule has 0 radical (unpaired) electrons. The Morgan fingerprint density at radius 3 is 2.95 bits per heavy atom. The van der Waals surface area contributed by atoms with Crippen LogP contribution in [0.3, 0.4) is 0 Å². The SMILES string of the molecule is N#Cc1ccc2c(ccn2Cc2ccsc2C(=O)O)c1. The van der Waals surface area contributed by atoms with Crippen LogP contribution in [0.4, 0.5) is 0 Å². The van der Waals surface area contributed by atoms with Crippen LogP contribution in [0.1, 0.15) is 20.8 Å². The van der Waals surface area contributed by atoms with Gasteiger partial charge in [-0.25, -0.2) is 4.79 Å². The third-order valence-corrected chi connectivity index (χ3v) is 4.13. The molecule has 98 valence electrons. The minimum absolute atomic E-state index is 0.375. The number of hydrogen-bond acceptors (Lipinski definition) is 3. The average molecular weight is 282 g/mol. The molecule has 1 aromatic carbocycles. The quantitative estimate of drug-likeness (QED) is 0.801. The lowest BCUT2D eigenvalue weighted by atomic mass is 10.2. The third kappa shape index (κ3) is 2.06. The molecule has 2 aromatic heterocycles. The van der Waals surface area contributed by atoms with Crippen molar-refractivity contribution in [2.75, 3.05) is 0 Å². The number of rotatable bonds is 3. The van der Waals surface area contributed by atoms with E-state index in [1.165, 1.54) is 11.3 Å². The van der Waals surface area contributed by atoms with Gasteiger partial charge in [-0.15, -0.1) is 11.3 Å². The van der Waals surface area contributed by atoms with Gasteiger partial charge in [-0.1, -0.05) is 0 Å². The second-order valence-electron chi connectivity index (χ2n) is 4.41. The zero-order valence-electron chi connectivity index (χ0n) is 10.4. The first kappa shape index (κ1) is 12.5. The van der Waals surface area contributed by atoms with Gasteiger partial charge in [0.05, 0.1) is 11.6 Å². The van der Waals surface area contributed by atoms with Gasteiger partial charge in [0.1, 0.15) is 4.88 Å². The molecule has 5 heteroatoms. The van der Waals surface area contributed by atoms with E-state index in [1.807, 2.05) is 35.0 Å². The summed E-state index contributed by atoms with van der Waals surface area (Å²) in [6, 6.07) is 11.4. The molecule has 0 aliphatic heterocycles. The van der Waals surface area contributed by atoms with Gasteiger partial charge >= 0.3 is 5.97 Å². The van der Waals surface area contributed by atoms with E-state index in [4.69, 9.17) is 10.4 Å². The molecule has 1 N–H and O–H groups in total. The molecule has 3 rings (SSSR count). The number of carboxylic acids is 1. The van der Waals surface area contributed by atoms with E-state index in [9.17, 15) is 4.79 Å². The molecular formula is C15H10N2O2S. The van der Waals surface area contributed by atoms with Crippen LogP contribution in [-0.4, -0.2) is 15.6 Å². The van der Waals surface area contributed by atoms with Crippen molar-refractivity contribution in [1.29, 1.82) is 5.26 Å². The number of nitriles is 1. The molecule has 4 nitrogen and oxygen atoms in total.